The number of hydrogen-bond donors (Lipinski definition) is 1. The minimum atomic E-state index is -0.967. The van der Waals surface area contributed by atoms with Crippen molar-refractivity contribution in [2.45, 2.75) is 24.3 Å². The topological polar surface area (TPSA) is 70.5 Å². The van der Waals surface area contributed by atoms with Crippen LogP contribution < -0.4 is 4.90 Å². The Bertz CT molecular complexity index is 1100. The van der Waals surface area contributed by atoms with E-state index in [1.165, 1.54) is 0 Å². The van der Waals surface area contributed by atoms with Gasteiger partial charge in [0.1, 0.15) is 0 Å². The monoisotopic (exact) mass is 370 g/mol. The number of carboxylic acid groups (broad SMARTS) is 1. The molecule has 0 saturated heterocycles. The quantitative estimate of drug-likeness (QED) is 0.759. The van der Waals surface area contributed by atoms with Gasteiger partial charge in [0.25, 0.3) is 0 Å². The number of aromatic nitrogens is 1. The summed E-state index contributed by atoms with van der Waals surface area (Å²) in [5.74, 6) is -0.751. The standard InChI is InChI=1S/C23H18N2O3/c26-21(27)16-6-3-5-15(11-16)14-25-20-9-2-1-8-18(20)23(22(25)28)12-19(23)17-7-4-10-24-13-17/h1-11,13,19H,12,14H2,(H,26,27)/t19-,23-/m1/s1. The van der Waals surface area contributed by atoms with Crippen molar-refractivity contribution in [2.24, 2.45) is 0 Å². The predicted octanol–water partition coefficient (Wildman–Crippen LogP) is 3.75. The summed E-state index contributed by atoms with van der Waals surface area (Å²) in [5, 5.41) is 9.25. The highest BCUT2D eigenvalue weighted by Gasteiger charge is 2.67. The highest BCUT2D eigenvalue weighted by Crippen LogP contribution is 2.66. The molecule has 2 aliphatic rings. The molecule has 1 aliphatic carbocycles. The van der Waals surface area contributed by atoms with Crippen molar-refractivity contribution in [3.8, 4) is 0 Å². The zero-order valence-electron chi connectivity index (χ0n) is 15.1. The van der Waals surface area contributed by atoms with Gasteiger partial charge in [-0.25, -0.2) is 4.79 Å². The van der Waals surface area contributed by atoms with E-state index in [4.69, 9.17) is 0 Å². The molecule has 0 radical (unpaired) electrons. The molecule has 1 spiro atoms. The van der Waals surface area contributed by atoms with Gasteiger partial charge in [0.15, 0.2) is 0 Å². The zero-order valence-corrected chi connectivity index (χ0v) is 15.1. The van der Waals surface area contributed by atoms with Crippen LogP contribution in [0.5, 0.6) is 0 Å². The average molecular weight is 370 g/mol. The molecule has 1 fully saturated rings. The van der Waals surface area contributed by atoms with E-state index < -0.39 is 11.4 Å². The lowest BCUT2D eigenvalue weighted by Crippen LogP contribution is -2.32. The largest absolute Gasteiger partial charge is 0.478 e. The molecule has 5 heteroatoms. The summed E-state index contributed by atoms with van der Waals surface area (Å²) < 4.78 is 0. The summed E-state index contributed by atoms with van der Waals surface area (Å²) in [7, 11) is 0. The van der Waals surface area contributed by atoms with E-state index in [-0.39, 0.29) is 17.4 Å². The van der Waals surface area contributed by atoms with Crippen molar-refractivity contribution in [2.75, 3.05) is 4.90 Å². The first-order valence-electron chi connectivity index (χ1n) is 9.25. The summed E-state index contributed by atoms with van der Waals surface area (Å²) in [6, 6.07) is 18.6. The lowest BCUT2D eigenvalue weighted by atomic mass is 9.92. The van der Waals surface area contributed by atoms with Gasteiger partial charge < -0.3 is 10.0 Å². The van der Waals surface area contributed by atoms with E-state index in [2.05, 4.69) is 4.98 Å². The fourth-order valence-corrected chi connectivity index (χ4v) is 4.48. The van der Waals surface area contributed by atoms with Crippen LogP contribution in [0, 0.1) is 0 Å². The number of para-hydroxylation sites is 1. The van der Waals surface area contributed by atoms with E-state index >= 15 is 0 Å². The fraction of sp³-hybridized carbons (Fsp3) is 0.174. The van der Waals surface area contributed by atoms with Crippen molar-refractivity contribution in [3.63, 3.8) is 0 Å². The van der Waals surface area contributed by atoms with E-state index in [0.29, 0.717) is 6.54 Å². The number of rotatable bonds is 4. The normalized spacial score (nSPS) is 22.4. The number of aromatic carboxylic acids is 1. The fourth-order valence-electron chi connectivity index (χ4n) is 4.48. The van der Waals surface area contributed by atoms with Crippen LogP contribution in [-0.2, 0) is 16.8 Å². The van der Waals surface area contributed by atoms with Crippen LogP contribution in [0.4, 0.5) is 5.69 Å². The third kappa shape index (κ3) is 2.36. The Morgan fingerprint density at radius 3 is 2.79 bits per heavy atom. The predicted molar refractivity (Wildman–Crippen MR) is 104 cm³/mol. The number of fused-ring (bicyclic) bond motifs is 2. The van der Waals surface area contributed by atoms with Gasteiger partial charge in [-0.2, -0.15) is 0 Å². The van der Waals surface area contributed by atoms with Gasteiger partial charge in [0.05, 0.1) is 17.5 Å². The molecule has 1 aliphatic heterocycles. The number of pyridine rings is 1. The Morgan fingerprint density at radius 1 is 1.14 bits per heavy atom. The molecule has 5 rings (SSSR count). The maximum absolute atomic E-state index is 13.5. The highest BCUT2D eigenvalue weighted by molar-refractivity contribution is 6.11. The van der Waals surface area contributed by atoms with Crippen molar-refractivity contribution < 1.29 is 14.7 Å². The third-order valence-electron chi connectivity index (χ3n) is 5.86. The first-order chi connectivity index (χ1) is 13.6. The first kappa shape index (κ1) is 16.7. The number of hydrogen-bond acceptors (Lipinski definition) is 3. The minimum Gasteiger partial charge on any atom is -0.478 e. The summed E-state index contributed by atoms with van der Waals surface area (Å²) in [4.78, 5) is 30.8. The summed E-state index contributed by atoms with van der Waals surface area (Å²) in [6.07, 6.45) is 4.36. The van der Waals surface area contributed by atoms with Crippen molar-refractivity contribution in [3.05, 3.63) is 95.3 Å². The smallest absolute Gasteiger partial charge is 0.335 e. The molecule has 0 bridgehead atoms. The Balaban J connectivity index is 1.52. The highest BCUT2D eigenvalue weighted by atomic mass is 16.4. The third-order valence-corrected chi connectivity index (χ3v) is 5.86. The number of carbonyl (C=O) groups is 2. The number of anilines is 1. The van der Waals surface area contributed by atoms with Gasteiger partial charge >= 0.3 is 5.97 Å². The SMILES string of the molecule is O=C(O)c1cccc(CN2C(=O)[C@]3(C[C@@H]3c3cccnc3)c3ccccc32)c1. The molecule has 3 aromatic rings. The van der Waals surface area contributed by atoms with E-state index in [9.17, 15) is 14.7 Å². The van der Waals surface area contributed by atoms with Crippen molar-refractivity contribution in [1.82, 2.24) is 4.98 Å². The van der Waals surface area contributed by atoms with Crippen LogP contribution >= 0.6 is 0 Å². The van der Waals surface area contributed by atoms with Crippen LogP contribution in [0.25, 0.3) is 0 Å². The number of nitrogens with zero attached hydrogens (tertiary/aromatic N) is 2. The molecule has 2 aromatic carbocycles. The molecular formula is C23H18N2O3. The Labute approximate surface area is 162 Å². The number of carboxylic acids is 1. The molecule has 2 atom stereocenters. The van der Waals surface area contributed by atoms with Gasteiger partial charge in [-0.15, -0.1) is 0 Å². The maximum atomic E-state index is 13.5. The van der Waals surface area contributed by atoms with Gasteiger partial charge in [0.2, 0.25) is 5.91 Å². The lowest BCUT2D eigenvalue weighted by molar-refractivity contribution is -0.120. The molecule has 5 nitrogen and oxygen atoms in total. The summed E-state index contributed by atoms with van der Waals surface area (Å²) in [6.45, 7) is 0.360. The van der Waals surface area contributed by atoms with Gasteiger partial charge in [0, 0.05) is 24.0 Å². The Hall–Kier alpha value is -3.47. The van der Waals surface area contributed by atoms with Crippen molar-refractivity contribution in [1.29, 1.82) is 0 Å². The first-order valence-corrected chi connectivity index (χ1v) is 9.25. The number of benzene rings is 2. The van der Waals surface area contributed by atoms with Gasteiger partial charge in [-0.3, -0.25) is 9.78 Å². The van der Waals surface area contributed by atoms with E-state index in [1.807, 2.05) is 48.7 Å². The van der Waals surface area contributed by atoms with Crippen LogP contribution in [0.3, 0.4) is 0 Å². The van der Waals surface area contributed by atoms with Crippen LogP contribution in [0.15, 0.2) is 73.1 Å². The van der Waals surface area contributed by atoms with Crippen LogP contribution in [-0.4, -0.2) is 22.0 Å². The van der Waals surface area contributed by atoms with Gasteiger partial charge in [-0.05, 0) is 47.4 Å². The van der Waals surface area contributed by atoms with E-state index in [1.54, 1.807) is 29.3 Å². The van der Waals surface area contributed by atoms with Crippen LogP contribution in [0.2, 0.25) is 0 Å². The van der Waals surface area contributed by atoms with Crippen molar-refractivity contribution >= 4 is 17.6 Å². The number of amides is 1. The molecule has 1 N–H and O–H groups in total. The molecular weight excluding hydrogens is 352 g/mol. The molecule has 1 saturated carbocycles. The summed E-state index contributed by atoms with van der Waals surface area (Å²) >= 11 is 0. The molecule has 0 unspecified atom stereocenters. The molecule has 2 heterocycles. The van der Waals surface area contributed by atoms with E-state index in [0.717, 1.165) is 28.8 Å². The Kier molecular flexibility index (Phi) is 3.59. The molecule has 1 amide bonds. The molecule has 1 aromatic heterocycles. The second-order valence-electron chi connectivity index (χ2n) is 7.43. The zero-order chi connectivity index (χ0) is 19.3. The van der Waals surface area contributed by atoms with Crippen LogP contribution in [0.1, 0.15) is 39.4 Å². The van der Waals surface area contributed by atoms with Gasteiger partial charge in [-0.1, -0.05) is 36.4 Å². The average Bonchev–Trinajstić information content (AvgIpc) is 3.44. The second-order valence-corrected chi connectivity index (χ2v) is 7.43. The number of carbonyl (C=O) groups excluding carboxylic acids is 1. The lowest BCUT2D eigenvalue weighted by Gasteiger charge is -2.18. The maximum Gasteiger partial charge on any atom is 0.335 e. The molecule has 28 heavy (non-hydrogen) atoms. The minimum absolute atomic E-state index is 0.0864. The second kappa shape index (κ2) is 6.02. The Morgan fingerprint density at radius 2 is 2.00 bits per heavy atom. The summed E-state index contributed by atoms with van der Waals surface area (Å²) in [5.41, 5.74) is 3.57. The molecule has 138 valence electrons.